The van der Waals surface area contributed by atoms with Gasteiger partial charge in [-0.15, -0.1) is 0 Å². The van der Waals surface area contributed by atoms with Crippen LogP contribution in [0.15, 0.2) is 91.0 Å². The van der Waals surface area contributed by atoms with E-state index in [0.29, 0.717) is 0 Å². The van der Waals surface area contributed by atoms with E-state index in [1.165, 1.54) is 49.0 Å². The van der Waals surface area contributed by atoms with Crippen LogP contribution in [0.1, 0.15) is 0 Å². The standard InChI is InChI=1S/C24H15N/c1-2-8-16(9-3-1)25-21-14-6-12-19-17-10-4-5-11-18(17)20-13-7-15-22(25)24(20)23(19)21/h1-15H. The highest BCUT2D eigenvalue weighted by atomic mass is 15.0. The minimum Gasteiger partial charge on any atom is -0.309 e. The first kappa shape index (κ1) is 13.0. The average Bonchev–Trinajstić information content (AvgIpc) is 3.03. The number of benzene rings is 5. The summed E-state index contributed by atoms with van der Waals surface area (Å²) in [6.07, 6.45) is 0. The van der Waals surface area contributed by atoms with Crippen LogP contribution in [0.2, 0.25) is 0 Å². The van der Waals surface area contributed by atoms with Gasteiger partial charge >= 0.3 is 0 Å². The lowest BCUT2D eigenvalue weighted by Crippen LogP contribution is -1.92. The zero-order chi connectivity index (χ0) is 16.4. The number of hydrogen-bond donors (Lipinski definition) is 0. The predicted molar refractivity (Wildman–Crippen MR) is 107 cm³/mol. The van der Waals surface area contributed by atoms with E-state index in [1.54, 1.807) is 0 Å². The Morgan fingerprint density at radius 1 is 0.400 bits per heavy atom. The second kappa shape index (κ2) is 4.61. The Balaban J connectivity index is 2.00. The van der Waals surface area contributed by atoms with Gasteiger partial charge < -0.3 is 4.57 Å². The van der Waals surface area contributed by atoms with Crippen molar-refractivity contribution in [3.63, 3.8) is 0 Å². The smallest absolute Gasteiger partial charge is 0.0547 e. The van der Waals surface area contributed by atoms with Crippen LogP contribution in [0.5, 0.6) is 0 Å². The highest BCUT2D eigenvalue weighted by molar-refractivity contribution is 6.34. The van der Waals surface area contributed by atoms with E-state index < -0.39 is 0 Å². The molecule has 0 aliphatic carbocycles. The third-order valence-electron chi connectivity index (χ3n) is 5.34. The van der Waals surface area contributed by atoms with Gasteiger partial charge in [0, 0.05) is 16.5 Å². The molecule has 0 radical (unpaired) electrons. The minimum atomic E-state index is 1.21. The van der Waals surface area contributed by atoms with Crippen molar-refractivity contribution in [2.75, 3.05) is 0 Å². The monoisotopic (exact) mass is 317 g/mol. The minimum absolute atomic E-state index is 1.21. The van der Waals surface area contributed by atoms with Gasteiger partial charge in [0.05, 0.1) is 11.0 Å². The molecule has 0 N–H and O–H groups in total. The fourth-order valence-electron chi connectivity index (χ4n) is 4.37. The molecule has 0 saturated carbocycles. The maximum atomic E-state index is 2.39. The van der Waals surface area contributed by atoms with Crippen molar-refractivity contribution in [2.24, 2.45) is 0 Å². The zero-order valence-corrected chi connectivity index (χ0v) is 13.6. The van der Waals surface area contributed by atoms with E-state index in [-0.39, 0.29) is 0 Å². The van der Waals surface area contributed by atoms with Gasteiger partial charge in [-0.25, -0.2) is 0 Å². The molecule has 0 unspecified atom stereocenters. The van der Waals surface area contributed by atoms with Gasteiger partial charge in [0.25, 0.3) is 0 Å². The molecule has 5 aromatic carbocycles. The number of rotatable bonds is 1. The number of nitrogens with zero attached hydrogens (tertiary/aromatic N) is 1. The van der Waals surface area contributed by atoms with Crippen molar-refractivity contribution in [1.29, 1.82) is 0 Å². The molecule has 0 saturated heterocycles. The summed E-state index contributed by atoms with van der Waals surface area (Å²) in [5.41, 5.74) is 3.77. The first-order valence-corrected chi connectivity index (χ1v) is 8.65. The molecule has 6 rings (SSSR count). The van der Waals surface area contributed by atoms with Gasteiger partial charge in [0.15, 0.2) is 0 Å². The SMILES string of the molecule is c1ccc(-n2c3cccc4c5ccccc5c5cccc2c5c43)cc1. The lowest BCUT2D eigenvalue weighted by atomic mass is 9.95. The third-order valence-corrected chi connectivity index (χ3v) is 5.34. The highest BCUT2D eigenvalue weighted by Crippen LogP contribution is 2.43. The average molecular weight is 317 g/mol. The van der Waals surface area contributed by atoms with Crippen molar-refractivity contribution in [3.8, 4) is 5.69 Å². The third kappa shape index (κ3) is 1.58. The topological polar surface area (TPSA) is 4.93 Å². The van der Waals surface area contributed by atoms with Crippen LogP contribution in [0.3, 0.4) is 0 Å². The Hall–Kier alpha value is -3.32. The molecular weight excluding hydrogens is 302 g/mol. The second-order valence-corrected chi connectivity index (χ2v) is 6.62. The van der Waals surface area contributed by atoms with E-state index >= 15 is 0 Å². The summed E-state index contributed by atoms with van der Waals surface area (Å²) in [4.78, 5) is 0. The molecule has 1 heteroatoms. The molecule has 1 aromatic heterocycles. The Kier molecular flexibility index (Phi) is 2.40. The van der Waals surface area contributed by atoms with Crippen LogP contribution in [0.4, 0.5) is 0 Å². The quantitative estimate of drug-likeness (QED) is 0.304. The molecule has 0 aliphatic heterocycles. The fraction of sp³-hybridized carbons (Fsp3) is 0. The number of hydrogen-bond acceptors (Lipinski definition) is 0. The molecule has 0 atom stereocenters. The molecular formula is C24H15N. The van der Waals surface area contributed by atoms with Crippen LogP contribution in [0.25, 0.3) is 49.0 Å². The number of aromatic nitrogens is 1. The summed E-state index contributed by atoms with van der Waals surface area (Å²) >= 11 is 0. The van der Waals surface area contributed by atoms with Crippen LogP contribution in [0, 0.1) is 0 Å². The molecule has 25 heavy (non-hydrogen) atoms. The maximum absolute atomic E-state index is 2.39. The molecule has 1 nitrogen and oxygen atoms in total. The van der Waals surface area contributed by atoms with Crippen molar-refractivity contribution in [3.05, 3.63) is 91.0 Å². The Morgan fingerprint density at radius 2 is 0.880 bits per heavy atom. The first-order valence-electron chi connectivity index (χ1n) is 8.65. The van der Waals surface area contributed by atoms with Crippen molar-refractivity contribution >= 4 is 43.4 Å². The summed E-state index contributed by atoms with van der Waals surface area (Å²) < 4.78 is 2.39. The van der Waals surface area contributed by atoms with Crippen LogP contribution in [-0.4, -0.2) is 4.57 Å². The van der Waals surface area contributed by atoms with Gasteiger partial charge in [-0.2, -0.15) is 0 Å². The van der Waals surface area contributed by atoms with Crippen LogP contribution >= 0.6 is 0 Å². The van der Waals surface area contributed by atoms with Crippen LogP contribution < -0.4 is 0 Å². The molecule has 6 aromatic rings. The van der Waals surface area contributed by atoms with Gasteiger partial charge in [0.1, 0.15) is 0 Å². The highest BCUT2D eigenvalue weighted by Gasteiger charge is 2.18. The summed E-state index contributed by atoms with van der Waals surface area (Å²) in [7, 11) is 0. The molecule has 0 amide bonds. The summed E-state index contributed by atoms with van der Waals surface area (Å²) in [5.74, 6) is 0. The van der Waals surface area contributed by atoms with Gasteiger partial charge in [-0.3, -0.25) is 0 Å². The van der Waals surface area contributed by atoms with Gasteiger partial charge in [0.2, 0.25) is 0 Å². The van der Waals surface area contributed by atoms with E-state index in [2.05, 4.69) is 95.6 Å². The maximum Gasteiger partial charge on any atom is 0.0547 e. The normalized spacial score (nSPS) is 12.0. The van der Waals surface area contributed by atoms with Crippen molar-refractivity contribution < 1.29 is 0 Å². The lowest BCUT2D eigenvalue weighted by Gasteiger charge is -2.08. The Morgan fingerprint density at radius 3 is 1.44 bits per heavy atom. The van der Waals surface area contributed by atoms with E-state index in [0.717, 1.165) is 0 Å². The largest absolute Gasteiger partial charge is 0.309 e. The molecule has 0 fully saturated rings. The van der Waals surface area contributed by atoms with E-state index in [4.69, 9.17) is 0 Å². The summed E-state index contributed by atoms with van der Waals surface area (Å²) in [6, 6.07) is 32.8. The van der Waals surface area contributed by atoms with Crippen molar-refractivity contribution in [2.45, 2.75) is 0 Å². The zero-order valence-electron chi connectivity index (χ0n) is 13.6. The van der Waals surface area contributed by atoms with Crippen LogP contribution in [-0.2, 0) is 0 Å². The summed E-state index contributed by atoms with van der Waals surface area (Å²) in [5, 5.41) is 8.09. The number of para-hydroxylation sites is 1. The Bertz CT molecular complexity index is 1290. The molecule has 0 aliphatic rings. The van der Waals surface area contributed by atoms with Crippen molar-refractivity contribution in [1.82, 2.24) is 4.57 Å². The number of fused-ring (bicyclic) bond motifs is 3. The molecule has 0 bridgehead atoms. The molecule has 1 heterocycles. The van der Waals surface area contributed by atoms with E-state index in [9.17, 15) is 0 Å². The summed E-state index contributed by atoms with van der Waals surface area (Å²) in [6.45, 7) is 0. The van der Waals surface area contributed by atoms with E-state index in [1.807, 2.05) is 0 Å². The second-order valence-electron chi connectivity index (χ2n) is 6.62. The molecule has 116 valence electrons. The first-order chi connectivity index (χ1) is 12.4. The Labute approximate surface area is 145 Å². The predicted octanol–water partition coefficient (Wildman–Crippen LogP) is 6.53. The fourth-order valence-corrected chi connectivity index (χ4v) is 4.37. The van der Waals surface area contributed by atoms with Gasteiger partial charge in [-0.1, -0.05) is 66.7 Å². The van der Waals surface area contributed by atoms with Gasteiger partial charge in [-0.05, 0) is 45.8 Å². The lowest BCUT2D eigenvalue weighted by molar-refractivity contribution is 1.18. The molecule has 0 spiro atoms.